The Morgan fingerprint density at radius 2 is 1.87 bits per heavy atom. The lowest BCUT2D eigenvalue weighted by atomic mass is 10.1. The Morgan fingerprint density at radius 1 is 1.10 bits per heavy atom. The maximum atomic E-state index is 13.5. The molecule has 2 atom stereocenters. The van der Waals surface area contributed by atoms with Gasteiger partial charge in [0.25, 0.3) is 0 Å². The number of hydrogen-bond donors (Lipinski definition) is 2. The number of aliphatic imine (C=N–C) groups is 1. The molecule has 0 radical (unpaired) electrons. The molecule has 2 aliphatic heterocycles. The van der Waals surface area contributed by atoms with Crippen molar-refractivity contribution in [2.24, 2.45) is 10.9 Å². The van der Waals surface area contributed by atoms with Crippen LogP contribution in [0.15, 0.2) is 47.5 Å². The summed E-state index contributed by atoms with van der Waals surface area (Å²) >= 11 is 0. The second-order valence-corrected chi connectivity index (χ2v) is 7.53. The smallest absolute Gasteiger partial charge is 0.191 e. The van der Waals surface area contributed by atoms with Crippen molar-refractivity contribution in [3.8, 4) is 11.5 Å². The van der Waals surface area contributed by atoms with Gasteiger partial charge in [0.1, 0.15) is 12.7 Å². The Labute approximate surface area is 198 Å². The highest BCUT2D eigenvalue weighted by Gasteiger charge is 2.24. The molecule has 9 heteroatoms. The van der Waals surface area contributed by atoms with Gasteiger partial charge in [0.15, 0.2) is 29.1 Å². The van der Waals surface area contributed by atoms with E-state index in [0.29, 0.717) is 30.7 Å². The van der Waals surface area contributed by atoms with Crippen LogP contribution < -0.4 is 25.0 Å². The van der Waals surface area contributed by atoms with Crippen LogP contribution in [-0.4, -0.2) is 51.9 Å². The summed E-state index contributed by atoms with van der Waals surface area (Å²) in [4.78, 5) is 6.35. The fourth-order valence-electron chi connectivity index (χ4n) is 3.75. The van der Waals surface area contributed by atoms with Crippen LogP contribution in [-0.2, 0) is 0 Å². The monoisotopic (exact) mass is 544 g/mol. The zero-order valence-corrected chi connectivity index (χ0v) is 19.6. The van der Waals surface area contributed by atoms with Crippen molar-refractivity contribution in [1.82, 2.24) is 10.6 Å². The van der Waals surface area contributed by atoms with Crippen molar-refractivity contribution in [2.75, 3.05) is 44.7 Å². The van der Waals surface area contributed by atoms with E-state index in [1.807, 2.05) is 24.3 Å². The van der Waals surface area contributed by atoms with Gasteiger partial charge in [-0.3, -0.25) is 4.99 Å². The second-order valence-electron chi connectivity index (χ2n) is 7.53. The molecular weight excluding hydrogens is 517 g/mol. The van der Waals surface area contributed by atoms with Gasteiger partial charge in [-0.1, -0.05) is 12.1 Å². The van der Waals surface area contributed by atoms with Gasteiger partial charge in [-0.05, 0) is 36.6 Å². The predicted octanol–water partition coefficient (Wildman–Crippen LogP) is 3.41. The maximum absolute atomic E-state index is 13.5. The third kappa shape index (κ3) is 5.90. The standard InChI is InChI=1S/C22H26F2N4O2.HI/c1-25-22(27-12-17-14-29-20-4-2-3-5-21(20)30-17)26-11-15-8-9-28(13-15)16-6-7-18(23)19(24)10-16;/h2-7,10,15,17H,8-9,11-14H2,1H3,(H2,25,26,27);1H. The van der Waals surface area contributed by atoms with Gasteiger partial charge in [-0.15, -0.1) is 24.0 Å². The first-order valence-electron chi connectivity index (χ1n) is 10.2. The molecule has 0 aromatic heterocycles. The summed E-state index contributed by atoms with van der Waals surface area (Å²) in [5, 5.41) is 6.62. The van der Waals surface area contributed by atoms with Crippen molar-refractivity contribution >= 4 is 35.6 Å². The summed E-state index contributed by atoms with van der Waals surface area (Å²) < 4.78 is 38.3. The Balaban J connectivity index is 0.00000272. The van der Waals surface area contributed by atoms with Gasteiger partial charge in [0.05, 0.1) is 6.54 Å². The molecule has 4 rings (SSSR count). The molecule has 2 aromatic carbocycles. The number of rotatable bonds is 5. The van der Waals surface area contributed by atoms with Crippen LogP contribution in [0.2, 0.25) is 0 Å². The molecule has 0 spiro atoms. The highest BCUT2D eigenvalue weighted by atomic mass is 127. The first-order valence-corrected chi connectivity index (χ1v) is 10.2. The van der Waals surface area contributed by atoms with Crippen LogP contribution in [0.5, 0.6) is 11.5 Å². The summed E-state index contributed by atoms with van der Waals surface area (Å²) in [6.45, 7) is 3.39. The Kier molecular flexibility index (Phi) is 8.16. The number of halogens is 3. The molecule has 2 aromatic rings. The van der Waals surface area contributed by atoms with Gasteiger partial charge in [-0.2, -0.15) is 0 Å². The predicted molar refractivity (Wildman–Crippen MR) is 128 cm³/mol. The first kappa shape index (κ1) is 23.4. The summed E-state index contributed by atoms with van der Waals surface area (Å²) in [5.41, 5.74) is 0.716. The molecule has 2 heterocycles. The van der Waals surface area contributed by atoms with Crippen LogP contribution in [0.25, 0.3) is 0 Å². The fourth-order valence-corrected chi connectivity index (χ4v) is 3.75. The molecule has 2 unspecified atom stereocenters. The van der Waals surface area contributed by atoms with Gasteiger partial charge in [-0.25, -0.2) is 8.78 Å². The SMILES string of the molecule is CN=C(NCC1CCN(c2ccc(F)c(F)c2)C1)NCC1COc2ccccc2O1.I. The van der Waals surface area contributed by atoms with E-state index in [-0.39, 0.29) is 30.1 Å². The highest BCUT2D eigenvalue weighted by molar-refractivity contribution is 14.0. The molecule has 0 aliphatic carbocycles. The molecule has 168 valence electrons. The van der Waals surface area contributed by atoms with E-state index >= 15 is 0 Å². The maximum Gasteiger partial charge on any atom is 0.191 e. The van der Waals surface area contributed by atoms with Crippen LogP contribution in [0.3, 0.4) is 0 Å². The minimum Gasteiger partial charge on any atom is -0.486 e. The molecule has 0 amide bonds. The molecule has 31 heavy (non-hydrogen) atoms. The van der Waals surface area contributed by atoms with Crippen molar-refractivity contribution in [3.05, 3.63) is 54.1 Å². The third-order valence-electron chi connectivity index (χ3n) is 5.40. The number of anilines is 1. The molecule has 1 saturated heterocycles. The minimum atomic E-state index is -0.818. The zero-order chi connectivity index (χ0) is 20.9. The van der Waals surface area contributed by atoms with Gasteiger partial charge < -0.3 is 25.0 Å². The van der Waals surface area contributed by atoms with Crippen LogP contribution in [0.4, 0.5) is 14.5 Å². The van der Waals surface area contributed by atoms with E-state index in [9.17, 15) is 8.78 Å². The minimum absolute atomic E-state index is 0. The Hall–Kier alpha value is -2.30. The number of nitrogens with zero attached hydrogens (tertiary/aromatic N) is 2. The third-order valence-corrected chi connectivity index (χ3v) is 5.40. The Bertz CT molecular complexity index is 915. The van der Waals surface area contributed by atoms with Crippen molar-refractivity contribution < 1.29 is 18.3 Å². The largest absolute Gasteiger partial charge is 0.486 e. The van der Waals surface area contributed by atoms with Gasteiger partial charge in [0.2, 0.25) is 0 Å². The summed E-state index contributed by atoms with van der Waals surface area (Å²) in [6.07, 6.45) is 0.869. The quantitative estimate of drug-likeness (QED) is 0.344. The molecule has 6 nitrogen and oxygen atoms in total. The zero-order valence-electron chi connectivity index (χ0n) is 17.3. The number of fused-ring (bicyclic) bond motifs is 1. The highest BCUT2D eigenvalue weighted by Crippen LogP contribution is 2.30. The van der Waals surface area contributed by atoms with E-state index in [2.05, 4.69) is 20.5 Å². The molecule has 2 N–H and O–H groups in total. The number of nitrogens with one attached hydrogen (secondary N) is 2. The molecule has 0 saturated carbocycles. The normalized spacial score (nSPS) is 20.2. The topological polar surface area (TPSA) is 58.1 Å². The molecule has 0 bridgehead atoms. The fraction of sp³-hybridized carbons (Fsp3) is 0.409. The van der Waals surface area contributed by atoms with Crippen LogP contribution in [0.1, 0.15) is 6.42 Å². The van der Waals surface area contributed by atoms with E-state index in [1.165, 1.54) is 12.1 Å². The number of guanidine groups is 1. The number of ether oxygens (including phenoxy) is 2. The number of hydrogen-bond acceptors (Lipinski definition) is 4. The lowest BCUT2D eigenvalue weighted by molar-refractivity contribution is 0.0936. The number of para-hydroxylation sites is 2. The van der Waals surface area contributed by atoms with E-state index < -0.39 is 11.6 Å². The van der Waals surface area contributed by atoms with E-state index in [0.717, 1.165) is 37.6 Å². The average molecular weight is 544 g/mol. The first-order chi connectivity index (χ1) is 14.6. The van der Waals surface area contributed by atoms with Crippen molar-refractivity contribution in [1.29, 1.82) is 0 Å². The van der Waals surface area contributed by atoms with Crippen LogP contribution in [0, 0.1) is 17.6 Å². The molecular formula is C22H27F2IN4O2. The lowest BCUT2D eigenvalue weighted by Gasteiger charge is -2.27. The number of benzene rings is 2. The van der Waals surface area contributed by atoms with Crippen molar-refractivity contribution in [3.63, 3.8) is 0 Å². The molecule has 2 aliphatic rings. The Morgan fingerprint density at radius 3 is 2.65 bits per heavy atom. The lowest BCUT2D eigenvalue weighted by Crippen LogP contribution is -2.46. The van der Waals surface area contributed by atoms with E-state index in [1.54, 1.807) is 13.1 Å². The summed E-state index contributed by atoms with van der Waals surface area (Å²) in [5.74, 6) is 0.975. The summed E-state index contributed by atoms with van der Waals surface area (Å²) in [6, 6.07) is 11.7. The average Bonchev–Trinajstić information content (AvgIpc) is 3.24. The van der Waals surface area contributed by atoms with Gasteiger partial charge >= 0.3 is 0 Å². The summed E-state index contributed by atoms with van der Waals surface area (Å²) in [7, 11) is 1.73. The van der Waals surface area contributed by atoms with Crippen molar-refractivity contribution in [2.45, 2.75) is 12.5 Å². The second kappa shape index (κ2) is 10.8. The van der Waals surface area contributed by atoms with E-state index in [4.69, 9.17) is 9.47 Å². The van der Waals surface area contributed by atoms with Gasteiger partial charge in [0, 0.05) is 38.4 Å². The van der Waals surface area contributed by atoms with Crippen LogP contribution >= 0.6 is 24.0 Å². The molecule has 1 fully saturated rings.